The molecule has 19 heavy (non-hydrogen) atoms. The molecule has 100 valence electrons. The third-order valence-electron chi connectivity index (χ3n) is 3.18. The van der Waals surface area contributed by atoms with E-state index in [0.717, 1.165) is 24.1 Å². The minimum Gasteiger partial charge on any atom is -0.476 e. The summed E-state index contributed by atoms with van der Waals surface area (Å²) in [7, 11) is 0. The van der Waals surface area contributed by atoms with Gasteiger partial charge in [-0.2, -0.15) is 0 Å². The van der Waals surface area contributed by atoms with Crippen molar-refractivity contribution in [1.82, 2.24) is 9.97 Å². The second kappa shape index (κ2) is 6.32. The minimum absolute atomic E-state index is 0.624. The molecule has 0 saturated carbocycles. The normalized spacial score (nSPS) is 10.5. The van der Waals surface area contributed by atoms with E-state index in [-0.39, 0.29) is 0 Å². The summed E-state index contributed by atoms with van der Waals surface area (Å²) in [6.07, 6.45) is 5.52. The number of benzene rings is 1. The summed E-state index contributed by atoms with van der Waals surface area (Å²) in [6.45, 7) is 7.04. The molecule has 3 nitrogen and oxygen atoms in total. The van der Waals surface area contributed by atoms with E-state index in [1.54, 1.807) is 12.4 Å². The van der Waals surface area contributed by atoms with Crippen molar-refractivity contribution >= 4 is 0 Å². The van der Waals surface area contributed by atoms with Crippen LogP contribution >= 0.6 is 0 Å². The van der Waals surface area contributed by atoms with Gasteiger partial charge in [0, 0.05) is 18.0 Å². The highest BCUT2D eigenvalue weighted by Crippen LogP contribution is 2.27. The smallest absolute Gasteiger partial charge is 0.240 e. The van der Waals surface area contributed by atoms with Crippen LogP contribution in [0.4, 0.5) is 0 Å². The van der Waals surface area contributed by atoms with Gasteiger partial charge in [-0.25, -0.2) is 9.97 Å². The first-order valence-electron chi connectivity index (χ1n) is 6.73. The number of aryl methyl sites for hydroxylation is 2. The number of ether oxygens (including phenoxy) is 1. The Labute approximate surface area is 114 Å². The third-order valence-corrected chi connectivity index (χ3v) is 3.18. The van der Waals surface area contributed by atoms with Gasteiger partial charge in [-0.3, -0.25) is 0 Å². The molecule has 0 atom stereocenters. The first-order chi connectivity index (χ1) is 9.22. The van der Waals surface area contributed by atoms with E-state index in [1.807, 2.05) is 0 Å². The molecule has 0 fully saturated rings. The van der Waals surface area contributed by atoms with Crippen molar-refractivity contribution in [3.63, 3.8) is 0 Å². The number of hydrogen-bond donors (Lipinski definition) is 0. The summed E-state index contributed by atoms with van der Waals surface area (Å²) in [5.41, 5.74) is 4.41. The van der Waals surface area contributed by atoms with E-state index in [0.29, 0.717) is 12.5 Å². The van der Waals surface area contributed by atoms with Crippen LogP contribution in [0.25, 0.3) is 11.3 Å². The number of hydrogen-bond acceptors (Lipinski definition) is 3. The van der Waals surface area contributed by atoms with Crippen LogP contribution in [-0.4, -0.2) is 16.6 Å². The second-order valence-electron chi connectivity index (χ2n) is 4.71. The molecule has 2 aromatic rings. The molecule has 3 heteroatoms. The Morgan fingerprint density at radius 2 is 1.84 bits per heavy atom. The summed E-state index contributed by atoms with van der Waals surface area (Å²) in [4.78, 5) is 8.71. The van der Waals surface area contributed by atoms with Crippen molar-refractivity contribution in [3.8, 4) is 17.1 Å². The largest absolute Gasteiger partial charge is 0.476 e. The molecule has 0 saturated heterocycles. The van der Waals surface area contributed by atoms with Crippen LogP contribution in [0.5, 0.6) is 5.88 Å². The van der Waals surface area contributed by atoms with Gasteiger partial charge < -0.3 is 4.74 Å². The molecule has 0 amide bonds. The highest BCUT2D eigenvalue weighted by molar-refractivity contribution is 5.65. The quantitative estimate of drug-likeness (QED) is 0.760. The molecule has 0 unspecified atom stereocenters. The topological polar surface area (TPSA) is 35.0 Å². The number of aromatic nitrogens is 2. The Bertz CT molecular complexity index is 552. The van der Waals surface area contributed by atoms with E-state index in [1.165, 1.54) is 11.1 Å². The molecule has 0 aliphatic rings. The third kappa shape index (κ3) is 3.31. The van der Waals surface area contributed by atoms with Crippen LogP contribution in [-0.2, 0) is 0 Å². The fourth-order valence-electron chi connectivity index (χ4n) is 1.83. The van der Waals surface area contributed by atoms with Gasteiger partial charge in [-0.15, -0.1) is 0 Å². The fourth-order valence-corrected chi connectivity index (χ4v) is 1.83. The predicted octanol–water partition coefficient (Wildman–Crippen LogP) is 3.94. The molecule has 0 aliphatic carbocycles. The van der Waals surface area contributed by atoms with Crippen LogP contribution in [0.2, 0.25) is 0 Å². The lowest BCUT2D eigenvalue weighted by Gasteiger charge is -2.10. The van der Waals surface area contributed by atoms with Crippen molar-refractivity contribution in [2.45, 2.75) is 33.6 Å². The van der Waals surface area contributed by atoms with Crippen LogP contribution in [0.1, 0.15) is 30.9 Å². The summed E-state index contributed by atoms with van der Waals surface area (Å²) < 4.78 is 5.73. The van der Waals surface area contributed by atoms with Crippen molar-refractivity contribution in [2.24, 2.45) is 0 Å². The average Bonchev–Trinajstić information content (AvgIpc) is 2.43. The molecule has 2 rings (SSSR count). The first-order valence-corrected chi connectivity index (χ1v) is 6.73. The van der Waals surface area contributed by atoms with E-state index < -0.39 is 0 Å². The van der Waals surface area contributed by atoms with E-state index in [4.69, 9.17) is 4.74 Å². The molecule has 0 aliphatic heterocycles. The van der Waals surface area contributed by atoms with Gasteiger partial charge in [-0.05, 0) is 37.5 Å². The molecule has 1 aromatic heterocycles. The standard InChI is InChI=1S/C16H20N2O/c1-4-5-10-19-16-15(17-8-9-18-16)14-7-6-12(2)13(3)11-14/h6-9,11H,4-5,10H2,1-3H3. The molecule has 0 radical (unpaired) electrons. The van der Waals surface area contributed by atoms with Gasteiger partial charge in [0.1, 0.15) is 5.69 Å². The Hall–Kier alpha value is -1.90. The van der Waals surface area contributed by atoms with E-state index in [2.05, 4.69) is 48.9 Å². The van der Waals surface area contributed by atoms with Gasteiger partial charge in [0.25, 0.3) is 0 Å². The van der Waals surface area contributed by atoms with Crippen LogP contribution in [0.3, 0.4) is 0 Å². The Morgan fingerprint density at radius 3 is 2.58 bits per heavy atom. The van der Waals surface area contributed by atoms with Gasteiger partial charge in [0.2, 0.25) is 5.88 Å². The number of rotatable bonds is 5. The summed E-state index contributed by atoms with van der Waals surface area (Å²) in [5, 5.41) is 0. The summed E-state index contributed by atoms with van der Waals surface area (Å²) in [6, 6.07) is 6.31. The molecule has 0 bridgehead atoms. The highest BCUT2D eigenvalue weighted by atomic mass is 16.5. The maximum Gasteiger partial charge on any atom is 0.240 e. The van der Waals surface area contributed by atoms with Gasteiger partial charge >= 0.3 is 0 Å². The second-order valence-corrected chi connectivity index (χ2v) is 4.71. The molecule has 1 heterocycles. The molecular formula is C16H20N2O. The van der Waals surface area contributed by atoms with Crippen molar-refractivity contribution in [1.29, 1.82) is 0 Å². The fraction of sp³-hybridized carbons (Fsp3) is 0.375. The maximum atomic E-state index is 5.73. The lowest BCUT2D eigenvalue weighted by Crippen LogP contribution is -2.01. The Kier molecular flexibility index (Phi) is 4.50. The highest BCUT2D eigenvalue weighted by Gasteiger charge is 2.09. The van der Waals surface area contributed by atoms with E-state index in [9.17, 15) is 0 Å². The number of unbranched alkanes of at least 4 members (excludes halogenated alkanes) is 1. The van der Waals surface area contributed by atoms with Crippen LogP contribution in [0.15, 0.2) is 30.6 Å². The first kappa shape index (κ1) is 13.5. The van der Waals surface area contributed by atoms with Crippen LogP contribution in [0, 0.1) is 13.8 Å². The van der Waals surface area contributed by atoms with Crippen molar-refractivity contribution in [3.05, 3.63) is 41.7 Å². The predicted molar refractivity (Wildman–Crippen MR) is 77.3 cm³/mol. The summed E-state index contributed by atoms with van der Waals surface area (Å²) >= 11 is 0. The lowest BCUT2D eigenvalue weighted by molar-refractivity contribution is 0.298. The van der Waals surface area contributed by atoms with Crippen molar-refractivity contribution in [2.75, 3.05) is 6.61 Å². The van der Waals surface area contributed by atoms with Crippen LogP contribution < -0.4 is 4.74 Å². The SMILES string of the molecule is CCCCOc1nccnc1-c1ccc(C)c(C)c1. The molecule has 0 spiro atoms. The maximum absolute atomic E-state index is 5.73. The van der Waals surface area contributed by atoms with Gasteiger partial charge in [0.15, 0.2) is 0 Å². The van der Waals surface area contributed by atoms with Gasteiger partial charge in [-0.1, -0.05) is 25.5 Å². The minimum atomic E-state index is 0.624. The zero-order chi connectivity index (χ0) is 13.7. The molecular weight excluding hydrogens is 236 g/mol. The average molecular weight is 256 g/mol. The zero-order valence-electron chi connectivity index (χ0n) is 11.8. The van der Waals surface area contributed by atoms with E-state index >= 15 is 0 Å². The van der Waals surface area contributed by atoms with Crippen molar-refractivity contribution < 1.29 is 4.74 Å². The summed E-state index contributed by atoms with van der Waals surface area (Å²) in [5.74, 6) is 0.624. The van der Waals surface area contributed by atoms with Gasteiger partial charge in [0.05, 0.1) is 6.61 Å². The zero-order valence-corrected chi connectivity index (χ0v) is 11.8. The molecule has 0 N–H and O–H groups in total. The lowest BCUT2D eigenvalue weighted by atomic mass is 10.0. The monoisotopic (exact) mass is 256 g/mol. The number of nitrogens with zero attached hydrogens (tertiary/aromatic N) is 2. The Morgan fingerprint density at radius 1 is 1.05 bits per heavy atom. The molecule has 1 aromatic carbocycles. The Balaban J connectivity index is 2.30.